The second-order valence-electron chi connectivity index (χ2n) is 5.58. The van der Waals surface area contributed by atoms with Gasteiger partial charge >= 0.3 is 0 Å². The molecule has 0 aliphatic rings. The SMILES string of the molecule is COc1ccc(C(=O)NC(C)CCCC(C)C)c(O)c1. The predicted octanol–water partition coefficient (Wildman–Crippen LogP) is 3.35. The van der Waals surface area contributed by atoms with Crippen LogP contribution in [0, 0.1) is 5.92 Å². The number of nitrogens with one attached hydrogen (secondary N) is 1. The Morgan fingerprint density at radius 2 is 2.00 bits per heavy atom. The van der Waals surface area contributed by atoms with Crippen molar-refractivity contribution in [2.75, 3.05) is 7.11 Å². The van der Waals surface area contributed by atoms with Gasteiger partial charge in [0.05, 0.1) is 12.7 Å². The first-order chi connectivity index (χ1) is 9.43. The molecule has 1 aromatic rings. The van der Waals surface area contributed by atoms with Gasteiger partial charge in [-0.1, -0.05) is 26.7 Å². The van der Waals surface area contributed by atoms with Crippen molar-refractivity contribution in [1.82, 2.24) is 5.32 Å². The summed E-state index contributed by atoms with van der Waals surface area (Å²) in [5.74, 6) is 0.908. The summed E-state index contributed by atoms with van der Waals surface area (Å²) in [6.45, 7) is 6.37. The lowest BCUT2D eigenvalue weighted by atomic mass is 10.0. The second-order valence-corrected chi connectivity index (χ2v) is 5.58. The number of phenols is 1. The largest absolute Gasteiger partial charge is 0.507 e. The molecule has 0 bridgehead atoms. The number of rotatable bonds is 7. The Kier molecular flexibility index (Phi) is 6.36. The van der Waals surface area contributed by atoms with E-state index in [1.165, 1.54) is 13.2 Å². The summed E-state index contributed by atoms with van der Waals surface area (Å²) < 4.78 is 4.99. The van der Waals surface area contributed by atoms with Crippen LogP contribution in [0.25, 0.3) is 0 Å². The zero-order chi connectivity index (χ0) is 15.1. The van der Waals surface area contributed by atoms with Crippen molar-refractivity contribution in [2.24, 2.45) is 5.92 Å². The normalized spacial score (nSPS) is 12.2. The molecule has 1 atom stereocenters. The predicted molar refractivity (Wildman–Crippen MR) is 80.3 cm³/mol. The molecule has 20 heavy (non-hydrogen) atoms. The van der Waals surface area contributed by atoms with Crippen LogP contribution in [0.1, 0.15) is 50.4 Å². The van der Waals surface area contributed by atoms with Crippen molar-refractivity contribution in [3.63, 3.8) is 0 Å². The van der Waals surface area contributed by atoms with E-state index in [2.05, 4.69) is 19.2 Å². The minimum Gasteiger partial charge on any atom is -0.507 e. The molecule has 0 spiro atoms. The van der Waals surface area contributed by atoms with Crippen LogP contribution in [0.15, 0.2) is 18.2 Å². The number of methoxy groups -OCH3 is 1. The monoisotopic (exact) mass is 279 g/mol. The van der Waals surface area contributed by atoms with Gasteiger partial charge in [-0.05, 0) is 31.4 Å². The zero-order valence-electron chi connectivity index (χ0n) is 12.8. The number of carbonyl (C=O) groups excluding carboxylic acids is 1. The Balaban J connectivity index is 2.53. The molecule has 1 amide bonds. The fraction of sp³-hybridized carbons (Fsp3) is 0.562. The van der Waals surface area contributed by atoms with E-state index in [0.29, 0.717) is 11.7 Å². The van der Waals surface area contributed by atoms with E-state index in [1.54, 1.807) is 12.1 Å². The van der Waals surface area contributed by atoms with Gasteiger partial charge in [-0.15, -0.1) is 0 Å². The van der Waals surface area contributed by atoms with E-state index in [9.17, 15) is 9.90 Å². The van der Waals surface area contributed by atoms with Gasteiger partial charge in [0.1, 0.15) is 11.5 Å². The van der Waals surface area contributed by atoms with Gasteiger partial charge in [0, 0.05) is 12.1 Å². The number of ether oxygens (including phenoxy) is 1. The minimum atomic E-state index is -0.248. The van der Waals surface area contributed by atoms with Crippen molar-refractivity contribution in [1.29, 1.82) is 0 Å². The lowest BCUT2D eigenvalue weighted by molar-refractivity contribution is 0.0935. The highest BCUT2D eigenvalue weighted by atomic mass is 16.5. The number of benzene rings is 1. The number of aromatic hydroxyl groups is 1. The van der Waals surface area contributed by atoms with Crippen LogP contribution in [0.5, 0.6) is 11.5 Å². The lowest BCUT2D eigenvalue weighted by Crippen LogP contribution is -2.32. The Hall–Kier alpha value is -1.71. The molecular weight excluding hydrogens is 254 g/mol. The first kappa shape index (κ1) is 16.3. The Morgan fingerprint density at radius 3 is 2.55 bits per heavy atom. The van der Waals surface area contributed by atoms with Gasteiger partial charge in [-0.25, -0.2) is 0 Å². The van der Waals surface area contributed by atoms with Crippen LogP contribution in [0.4, 0.5) is 0 Å². The molecule has 1 unspecified atom stereocenters. The third-order valence-electron chi connectivity index (χ3n) is 3.25. The van der Waals surface area contributed by atoms with Crippen molar-refractivity contribution in [3.8, 4) is 11.5 Å². The maximum atomic E-state index is 12.1. The van der Waals surface area contributed by atoms with E-state index in [4.69, 9.17) is 4.74 Å². The van der Waals surface area contributed by atoms with Crippen LogP contribution >= 0.6 is 0 Å². The topological polar surface area (TPSA) is 58.6 Å². The molecule has 0 heterocycles. The van der Waals surface area contributed by atoms with Gasteiger partial charge in [-0.3, -0.25) is 4.79 Å². The molecular formula is C16H25NO3. The standard InChI is InChI=1S/C16H25NO3/c1-11(2)6-5-7-12(3)17-16(19)14-9-8-13(20-4)10-15(14)18/h8-12,18H,5-7H2,1-4H3,(H,17,19). The number of carbonyl (C=O) groups is 1. The first-order valence-electron chi connectivity index (χ1n) is 7.12. The van der Waals surface area contributed by atoms with Crippen LogP contribution in [0.2, 0.25) is 0 Å². The summed E-state index contributed by atoms with van der Waals surface area (Å²) in [4.78, 5) is 12.1. The number of phenolic OH excluding ortho intramolecular Hbond substituents is 1. The van der Waals surface area contributed by atoms with Gasteiger partial charge in [0.15, 0.2) is 0 Å². The summed E-state index contributed by atoms with van der Waals surface area (Å²) >= 11 is 0. The molecule has 4 heteroatoms. The molecule has 1 aromatic carbocycles. The molecule has 0 aliphatic heterocycles. The maximum Gasteiger partial charge on any atom is 0.255 e. The molecule has 0 fully saturated rings. The molecule has 0 radical (unpaired) electrons. The molecule has 0 saturated heterocycles. The summed E-state index contributed by atoms with van der Waals surface area (Å²) in [6, 6.07) is 4.78. The number of hydrogen-bond acceptors (Lipinski definition) is 3. The van der Waals surface area contributed by atoms with Crippen molar-refractivity contribution in [2.45, 2.75) is 46.1 Å². The fourth-order valence-electron chi connectivity index (χ4n) is 2.04. The number of amides is 1. The third kappa shape index (κ3) is 5.11. The number of hydrogen-bond donors (Lipinski definition) is 2. The summed E-state index contributed by atoms with van der Waals surface area (Å²) in [6.07, 6.45) is 3.20. The summed E-state index contributed by atoms with van der Waals surface area (Å²) in [5.41, 5.74) is 0.279. The summed E-state index contributed by atoms with van der Waals surface area (Å²) in [5, 5.41) is 12.7. The smallest absolute Gasteiger partial charge is 0.255 e. The van der Waals surface area contributed by atoms with Gasteiger partial charge < -0.3 is 15.2 Å². The Bertz CT molecular complexity index is 443. The molecule has 0 aliphatic carbocycles. The van der Waals surface area contributed by atoms with Crippen molar-refractivity contribution in [3.05, 3.63) is 23.8 Å². The first-order valence-corrected chi connectivity index (χ1v) is 7.12. The van der Waals surface area contributed by atoms with Crippen LogP contribution in [-0.2, 0) is 0 Å². The van der Waals surface area contributed by atoms with E-state index in [-0.39, 0.29) is 23.3 Å². The Labute approximate surface area is 121 Å². The molecule has 4 nitrogen and oxygen atoms in total. The highest BCUT2D eigenvalue weighted by molar-refractivity contribution is 5.97. The molecule has 112 valence electrons. The zero-order valence-corrected chi connectivity index (χ0v) is 12.8. The summed E-state index contributed by atoms with van der Waals surface area (Å²) in [7, 11) is 1.52. The van der Waals surface area contributed by atoms with Crippen LogP contribution in [-0.4, -0.2) is 24.2 Å². The van der Waals surface area contributed by atoms with Gasteiger partial charge in [0.2, 0.25) is 0 Å². The van der Waals surface area contributed by atoms with E-state index < -0.39 is 0 Å². The van der Waals surface area contributed by atoms with E-state index in [1.807, 2.05) is 6.92 Å². The fourth-order valence-corrected chi connectivity index (χ4v) is 2.04. The molecule has 2 N–H and O–H groups in total. The molecule has 0 saturated carbocycles. The lowest BCUT2D eigenvalue weighted by Gasteiger charge is -2.15. The Morgan fingerprint density at radius 1 is 1.30 bits per heavy atom. The minimum absolute atomic E-state index is 0.0590. The average molecular weight is 279 g/mol. The molecule has 1 rings (SSSR count). The van der Waals surface area contributed by atoms with E-state index in [0.717, 1.165) is 19.3 Å². The highest BCUT2D eigenvalue weighted by Crippen LogP contribution is 2.23. The van der Waals surface area contributed by atoms with Gasteiger partial charge in [-0.2, -0.15) is 0 Å². The van der Waals surface area contributed by atoms with Gasteiger partial charge in [0.25, 0.3) is 5.91 Å². The molecule has 0 aromatic heterocycles. The van der Waals surface area contributed by atoms with Crippen LogP contribution < -0.4 is 10.1 Å². The van der Waals surface area contributed by atoms with Crippen LogP contribution in [0.3, 0.4) is 0 Å². The second kappa shape index (κ2) is 7.78. The highest BCUT2D eigenvalue weighted by Gasteiger charge is 2.14. The maximum absolute atomic E-state index is 12.1. The van der Waals surface area contributed by atoms with Crippen molar-refractivity contribution >= 4 is 5.91 Å². The van der Waals surface area contributed by atoms with E-state index >= 15 is 0 Å². The third-order valence-corrected chi connectivity index (χ3v) is 3.25. The van der Waals surface area contributed by atoms with Crippen molar-refractivity contribution < 1.29 is 14.6 Å². The quantitative estimate of drug-likeness (QED) is 0.804. The average Bonchev–Trinajstić information content (AvgIpc) is 2.37.